The Balaban J connectivity index is 2.43. The van der Waals surface area contributed by atoms with Crippen molar-refractivity contribution >= 4 is 0 Å². The molecule has 0 aromatic rings. The van der Waals surface area contributed by atoms with Crippen molar-refractivity contribution in [1.82, 2.24) is 0 Å². The SMILES string of the molecule is CCCC(OC(C)(CC)CC)C1CC1. The molecule has 0 bridgehead atoms. The van der Waals surface area contributed by atoms with Crippen LogP contribution < -0.4 is 0 Å². The minimum absolute atomic E-state index is 0.127. The Morgan fingerprint density at radius 1 is 1.21 bits per heavy atom. The van der Waals surface area contributed by atoms with E-state index in [4.69, 9.17) is 4.74 Å². The van der Waals surface area contributed by atoms with E-state index in [2.05, 4.69) is 27.7 Å². The molecule has 0 aliphatic heterocycles. The average molecular weight is 198 g/mol. The second-order valence-corrected chi connectivity index (χ2v) is 4.94. The second-order valence-electron chi connectivity index (χ2n) is 4.94. The molecule has 1 aliphatic carbocycles. The highest BCUT2D eigenvalue weighted by molar-refractivity contribution is 4.85. The lowest BCUT2D eigenvalue weighted by Gasteiger charge is -2.32. The Morgan fingerprint density at radius 3 is 2.14 bits per heavy atom. The van der Waals surface area contributed by atoms with Gasteiger partial charge in [0.05, 0.1) is 11.7 Å². The van der Waals surface area contributed by atoms with Gasteiger partial charge in [-0.05, 0) is 44.9 Å². The van der Waals surface area contributed by atoms with E-state index in [0.29, 0.717) is 6.10 Å². The average Bonchev–Trinajstić information content (AvgIpc) is 3.00. The summed E-state index contributed by atoms with van der Waals surface area (Å²) in [7, 11) is 0. The van der Waals surface area contributed by atoms with Crippen LogP contribution in [0.5, 0.6) is 0 Å². The predicted octanol–water partition coefficient (Wildman–Crippen LogP) is 4.16. The van der Waals surface area contributed by atoms with E-state index in [1.807, 2.05) is 0 Å². The maximum Gasteiger partial charge on any atom is 0.0653 e. The number of rotatable bonds is 7. The third-order valence-corrected chi connectivity index (χ3v) is 3.65. The monoisotopic (exact) mass is 198 g/mol. The molecular formula is C13H26O. The van der Waals surface area contributed by atoms with Crippen LogP contribution in [0.15, 0.2) is 0 Å². The number of hydrogen-bond acceptors (Lipinski definition) is 1. The Labute approximate surface area is 89.2 Å². The van der Waals surface area contributed by atoms with Gasteiger partial charge < -0.3 is 4.74 Å². The fourth-order valence-electron chi connectivity index (χ4n) is 1.93. The molecule has 1 fully saturated rings. The molecule has 1 atom stereocenters. The van der Waals surface area contributed by atoms with Crippen molar-refractivity contribution in [2.45, 2.75) is 77.9 Å². The lowest BCUT2D eigenvalue weighted by Crippen LogP contribution is -2.33. The molecule has 0 aromatic heterocycles. The van der Waals surface area contributed by atoms with Crippen molar-refractivity contribution in [2.75, 3.05) is 0 Å². The lowest BCUT2D eigenvalue weighted by atomic mass is 9.98. The third-order valence-electron chi connectivity index (χ3n) is 3.65. The highest BCUT2D eigenvalue weighted by Crippen LogP contribution is 2.39. The van der Waals surface area contributed by atoms with Crippen LogP contribution in [-0.4, -0.2) is 11.7 Å². The standard InChI is InChI=1S/C13H26O/c1-5-8-12(11-9-10-11)14-13(4,6-2)7-3/h11-12H,5-10H2,1-4H3. The van der Waals surface area contributed by atoms with E-state index in [0.717, 1.165) is 18.8 Å². The van der Waals surface area contributed by atoms with Crippen molar-refractivity contribution in [3.63, 3.8) is 0 Å². The van der Waals surface area contributed by atoms with E-state index in [1.54, 1.807) is 0 Å². The number of hydrogen-bond donors (Lipinski definition) is 0. The molecule has 1 nitrogen and oxygen atoms in total. The fourth-order valence-corrected chi connectivity index (χ4v) is 1.93. The second kappa shape index (κ2) is 5.16. The van der Waals surface area contributed by atoms with Gasteiger partial charge in [-0.2, -0.15) is 0 Å². The van der Waals surface area contributed by atoms with Gasteiger partial charge in [-0.25, -0.2) is 0 Å². The van der Waals surface area contributed by atoms with Crippen LogP contribution >= 0.6 is 0 Å². The first-order chi connectivity index (χ1) is 6.65. The van der Waals surface area contributed by atoms with Gasteiger partial charge in [-0.1, -0.05) is 27.2 Å². The van der Waals surface area contributed by atoms with E-state index < -0.39 is 0 Å². The van der Waals surface area contributed by atoms with Crippen LogP contribution in [0, 0.1) is 5.92 Å². The summed E-state index contributed by atoms with van der Waals surface area (Å²) < 4.78 is 6.30. The van der Waals surface area contributed by atoms with Gasteiger partial charge in [0.2, 0.25) is 0 Å². The van der Waals surface area contributed by atoms with E-state index in [-0.39, 0.29) is 5.60 Å². The molecule has 1 heteroatoms. The first-order valence-corrected chi connectivity index (χ1v) is 6.33. The van der Waals surface area contributed by atoms with Crippen LogP contribution in [0.3, 0.4) is 0 Å². The minimum Gasteiger partial charge on any atom is -0.372 e. The molecule has 1 rings (SSSR count). The summed E-state index contributed by atoms with van der Waals surface area (Å²) in [4.78, 5) is 0. The normalized spacial score (nSPS) is 19.7. The Hall–Kier alpha value is -0.0400. The first kappa shape index (κ1) is 12.0. The van der Waals surface area contributed by atoms with Gasteiger partial charge in [0, 0.05) is 0 Å². The zero-order valence-corrected chi connectivity index (χ0v) is 10.3. The molecular weight excluding hydrogens is 172 g/mol. The van der Waals surface area contributed by atoms with Crippen LogP contribution in [0.1, 0.15) is 66.2 Å². The van der Waals surface area contributed by atoms with Crippen molar-refractivity contribution in [2.24, 2.45) is 5.92 Å². The van der Waals surface area contributed by atoms with Crippen molar-refractivity contribution in [3.05, 3.63) is 0 Å². The smallest absolute Gasteiger partial charge is 0.0653 e. The van der Waals surface area contributed by atoms with Gasteiger partial charge in [-0.3, -0.25) is 0 Å². The molecule has 0 aromatic carbocycles. The van der Waals surface area contributed by atoms with Crippen molar-refractivity contribution in [3.8, 4) is 0 Å². The fraction of sp³-hybridized carbons (Fsp3) is 1.00. The summed E-state index contributed by atoms with van der Waals surface area (Å²) >= 11 is 0. The largest absolute Gasteiger partial charge is 0.372 e. The van der Waals surface area contributed by atoms with Gasteiger partial charge in [0.25, 0.3) is 0 Å². The molecule has 84 valence electrons. The van der Waals surface area contributed by atoms with E-state index in [1.165, 1.54) is 25.7 Å². The summed E-state index contributed by atoms with van der Waals surface area (Å²) in [6, 6.07) is 0. The summed E-state index contributed by atoms with van der Waals surface area (Å²) in [6.45, 7) is 8.99. The molecule has 14 heavy (non-hydrogen) atoms. The van der Waals surface area contributed by atoms with Crippen molar-refractivity contribution < 1.29 is 4.74 Å². The summed E-state index contributed by atoms with van der Waals surface area (Å²) in [5.74, 6) is 0.882. The summed E-state index contributed by atoms with van der Waals surface area (Å²) in [5.41, 5.74) is 0.127. The van der Waals surface area contributed by atoms with Crippen LogP contribution in [-0.2, 0) is 4.74 Å². The number of ether oxygens (including phenoxy) is 1. The summed E-state index contributed by atoms with van der Waals surface area (Å²) in [5, 5.41) is 0. The third kappa shape index (κ3) is 3.27. The molecule has 0 spiro atoms. The maximum absolute atomic E-state index is 6.30. The van der Waals surface area contributed by atoms with Crippen LogP contribution in [0.2, 0.25) is 0 Å². The minimum atomic E-state index is 0.127. The van der Waals surface area contributed by atoms with Crippen molar-refractivity contribution in [1.29, 1.82) is 0 Å². The summed E-state index contributed by atoms with van der Waals surface area (Å²) in [6.07, 6.45) is 8.12. The quantitative estimate of drug-likeness (QED) is 0.597. The molecule has 1 saturated carbocycles. The van der Waals surface area contributed by atoms with E-state index in [9.17, 15) is 0 Å². The zero-order valence-electron chi connectivity index (χ0n) is 10.3. The molecule has 0 heterocycles. The molecule has 1 aliphatic rings. The predicted molar refractivity (Wildman–Crippen MR) is 61.5 cm³/mol. The maximum atomic E-state index is 6.30. The van der Waals surface area contributed by atoms with Crippen LogP contribution in [0.25, 0.3) is 0 Å². The van der Waals surface area contributed by atoms with Gasteiger partial charge >= 0.3 is 0 Å². The highest BCUT2D eigenvalue weighted by Gasteiger charge is 2.35. The Kier molecular flexibility index (Phi) is 4.43. The zero-order chi connectivity index (χ0) is 10.6. The molecule has 0 saturated heterocycles. The highest BCUT2D eigenvalue weighted by atomic mass is 16.5. The van der Waals surface area contributed by atoms with Gasteiger partial charge in [0.15, 0.2) is 0 Å². The molecule has 1 unspecified atom stereocenters. The van der Waals surface area contributed by atoms with Gasteiger partial charge in [-0.15, -0.1) is 0 Å². The van der Waals surface area contributed by atoms with E-state index >= 15 is 0 Å². The lowest BCUT2D eigenvalue weighted by molar-refractivity contribution is -0.0985. The first-order valence-electron chi connectivity index (χ1n) is 6.33. The Morgan fingerprint density at radius 2 is 1.79 bits per heavy atom. The topological polar surface area (TPSA) is 9.23 Å². The molecule has 0 amide bonds. The molecule has 0 N–H and O–H groups in total. The van der Waals surface area contributed by atoms with Gasteiger partial charge in [0.1, 0.15) is 0 Å². The molecule has 0 radical (unpaired) electrons. The van der Waals surface area contributed by atoms with Crippen LogP contribution in [0.4, 0.5) is 0 Å². The Bertz CT molecular complexity index is 157.